The molecule has 0 aliphatic carbocycles. The highest BCUT2D eigenvalue weighted by Gasteiger charge is 2.05. The molecule has 0 atom stereocenters. The monoisotopic (exact) mass is 279 g/mol. The maximum atomic E-state index is 12.0. The van der Waals surface area contributed by atoms with Crippen LogP contribution in [0.5, 0.6) is 0 Å². The summed E-state index contributed by atoms with van der Waals surface area (Å²) in [6.07, 6.45) is 0. The summed E-state index contributed by atoms with van der Waals surface area (Å²) in [5.74, 6) is -0.109. The van der Waals surface area contributed by atoms with Crippen molar-refractivity contribution in [1.82, 2.24) is 5.32 Å². The second-order valence-electron chi connectivity index (χ2n) is 4.60. The zero-order chi connectivity index (χ0) is 15.1. The molecule has 2 aromatic carbocycles. The first-order valence-corrected chi connectivity index (χ1v) is 6.84. The molecule has 2 aromatic rings. The fourth-order valence-corrected chi connectivity index (χ4v) is 1.93. The molecule has 0 aromatic heterocycles. The predicted octanol–water partition coefficient (Wildman–Crippen LogP) is 2.92. The molecule has 1 amide bonds. The van der Waals surface area contributed by atoms with Crippen LogP contribution in [0.25, 0.3) is 0 Å². The number of anilines is 1. The Morgan fingerprint density at radius 1 is 1.10 bits per heavy atom. The van der Waals surface area contributed by atoms with Gasteiger partial charge in [-0.1, -0.05) is 12.1 Å². The van der Waals surface area contributed by atoms with Crippen LogP contribution < -0.4 is 10.6 Å². The van der Waals surface area contributed by atoms with Gasteiger partial charge in [-0.05, 0) is 48.9 Å². The number of rotatable bonds is 5. The second kappa shape index (κ2) is 7.11. The molecule has 0 spiro atoms. The number of carbonyl (C=O) groups is 1. The van der Waals surface area contributed by atoms with E-state index < -0.39 is 0 Å². The van der Waals surface area contributed by atoms with Crippen LogP contribution in [0.3, 0.4) is 0 Å². The van der Waals surface area contributed by atoms with Crippen molar-refractivity contribution in [2.75, 3.05) is 11.9 Å². The SMILES string of the molecule is CCNc1ccc(C(=O)NCc2ccc(C#N)cc2)cc1. The normalized spacial score (nSPS) is 9.71. The summed E-state index contributed by atoms with van der Waals surface area (Å²) in [4.78, 5) is 12.0. The molecule has 0 aliphatic heterocycles. The zero-order valence-corrected chi connectivity index (χ0v) is 11.9. The predicted molar refractivity (Wildman–Crippen MR) is 82.9 cm³/mol. The minimum absolute atomic E-state index is 0.109. The van der Waals surface area contributed by atoms with Crippen molar-refractivity contribution in [3.8, 4) is 6.07 Å². The van der Waals surface area contributed by atoms with Gasteiger partial charge in [0.1, 0.15) is 0 Å². The van der Waals surface area contributed by atoms with E-state index in [-0.39, 0.29) is 5.91 Å². The maximum Gasteiger partial charge on any atom is 0.251 e. The molecular formula is C17H17N3O. The van der Waals surface area contributed by atoms with E-state index in [0.29, 0.717) is 17.7 Å². The Morgan fingerprint density at radius 3 is 2.33 bits per heavy atom. The van der Waals surface area contributed by atoms with Crippen LogP contribution in [-0.4, -0.2) is 12.5 Å². The largest absolute Gasteiger partial charge is 0.385 e. The van der Waals surface area contributed by atoms with Crippen molar-refractivity contribution < 1.29 is 4.79 Å². The Bertz CT molecular complexity index is 639. The number of nitrogens with one attached hydrogen (secondary N) is 2. The van der Waals surface area contributed by atoms with Crippen LogP contribution in [-0.2, 0) is 6.54 Å². The molecule has 0 aliphatic rings. The first-order valence-electron chi connectivity index (χ1n) is 6.84. The molecular weight excluding hydrogens is 262 g/mol. The van der Waals surface area contributed by atoms with Crippen LogP contribution in [0.15, 0.2) is 48.5 Å². The van der Waals surface area contributed by atoms with Gasteiger partial charge in [-0.3, -0.25) is 4.79 Å². The summed E-state index contributed by atoms with van der Waals surface area (Å²) < 4.78 is 0. The lowest BCUT2D eigenvalue weighted by molar-refractivity contribution is 0.0951. The number of benzene rings is 2. The topological polar surface area (TPSA) is 64.9 Å². The van der Waals surface area contributed by atoms with Gasteiger partial charge in [-0.15, -0.1) is 0 Å². The van der Waals surface area contributed by atoms with Crippen molar-refractivity contribution in [1.29, 1.82) is 5.26 Å². The lowest BCUT2D eigenvalue weighted by atomic mass is 10.1. The highest BCUT2D eigenvalue weighted by atomic mass is 16.1. The van der Waals surface area contributed by atoms with Gasteiger partial charge >= 0.3 is 0 Å². The lowest BCUT2D eigenvalue weighted by Crippen LogP contribution is -2.22. The van der Waals surface area contributed by atoms with E-state index in [9.17, 15) is 4.79 Å². The first-order chi connectivity index (χ1) is 10.2. The zero-order valence-electron chi connectivity index (χ0n) is 11.9. The maximum absolute atomic E-state index is 12.0. The Kier molecular flexibility index (Phi) is 4.94. The van der Waals surface area contributed by atoms with Crippen molar-refractivity contribution in [3.63, 3.8) is 0 Å². The highest BCUT2D eigenvalue weighted by Crippen LogP contribution is 2.09. The summed E-state index contributed by atoms with van der Waals surface area (Å²) in [5, 5.41) is 14.8. The van der Waals surface area contributed by atoms with E-state index in [1.807, 2.05) is 31.2 Å². The van der Waals surface area contributed by atoms with E-state index in [2.05, 4.69) is 16.7 Å². The molecule has 21 heavy (non-hydrogen) atoms. The molecule has 0 saturated heterocycles. The van der Waals surface area contributed by atoms with Crippen LogP contribution in [0.2, 0.25) is 0 Å². The van der Waals surface area contributed by atoms with Crippen LogP contribution in [0.1, 0.15) is 28.4 Å². The third-order valence-corrected chi connectivity index (χ3v) is 3.06. The summed E-state index contributed by atoms with van der Waals surface area (Å²) >= 11 is 0. The van der Waals surface area contributed by atoms with Gasteiger partial charge in [0.15, 0.2) is 0 Å². The van der Waals surface area contributed by atoms with Gasteiger partial charge < -0.3 is 10.6 Å². The number of nitrogens with zero attached hydrogens (tertiary/aromatic N) is 1. The van der Waals surface area contributed by atoms with Gasteiger partial charge in [0, 0.05) is 24.3 Å². The Balaban J connectivity index is 1.93. The average Bonchev–Trinajstić information content (AvgIpc) is 2.54. The second-order valence-corrected chi connectivity index (χ2v) is 4.60. The van der Waals surface area contributed by atoms with Gasteiger partial charge in [-0.25, -0.2) is 0 Å². The third kappa shape index (κ3) is 4.08. The van der Waals surface area contributed by atoms with Gasteiger partial charge in [0.2, 0.25) is 0 Å². The summed E-state index contributed by atoms with van der Waals surface area (Å²) in [5.41, 5.74) is 3.21. The van der Waals surface area contributed by atoms with Crippen LogP contribution >= 0.6 is 0 Å². The molecule has 0 heterocycles. The summed E-state index contributed by atoms with van der Waals surface area (Å²) in [7, 11) is 0. The molecule has 106 valence electrons. The molecule has 2 rings (SSSR count). The number of nitriles is 1. The van der Waals surface area contributed by atoms with E-state index in [4.69, 9.17) is 5.26 Å². The van der Waals surface area contributed by atoms with Crippen molar-refractivity contribution in [2.24, 2.45) is 0 Å². The minimum Gasteiger partial charge on any atom is -0.385 e. The van der Waals surface area contributed by atoms with E-state index in [1.54, 1.807) is 24.3 Å². The summed E-state index contributed by atoms with van der Waals surface area (Å²) in [6, 6.07) is 16.6. The average molecular weight is 279 g/mol. The highest BCUT2D eigenvalue weighted by molar-refractivity contribution is 5.94. The van der Waals surface area contributed by atoms with E-state index in [0.717, 1.165) is 17.8 Å². The van der Waals surface area contributed by atoms with Gasteiger partial charge in [0.05, 0.1) is 11.6 Å². The Morgan fingerprint density at radius 2 is 1.76 bits per heavy atom. The minimum atomic E-state index is -0.109. The Hall–Kier alpha value is -2.80. The molecule has 0 saturated carbocycles. The number of amides is 1. The molecule has 0 radical (unpaired) electrons. The van der Waals surface area contributed by atoms with Crippen molar-refractivity contribution in [2.45, 2.75) is 13.5 Å². The van der Waals surface area contributed by atoms with Crippen molar-refractivity contribution >= 4 is 11.6 Å². The molecule has 4 nitrogen and oxygen atoms in total. The molecule has 4 heteroatoms. The smallest absolute Gasteiger partial charge is 0.251 e. The van der Waals surface area contributed by atoms with E-state index >= 15 is 0 Å². The third-order valence-electron chi connectivity index (χ3n) is 3.06. The first kappa shape index (κ1) is 14.6. The number of hydrogen-bond acceptors (Lipinski definition) is 3. The van der Waals surface area contributed by atoms with Crippen LogP contribution in [0, 0.1) is 11.3 Å². The molecule has 2 N–H and O–H groups in total. The van der Waals surface area contributed by atoms with Gasteiger partial charge in [-0.2, -0.15) is 5.26 Å². The number of hydrogen-bond donors (Lipinski definition) is 2. The molecule has 0 bridgehead atoms. The number of carbonyl (C=O) groups excluding carboxylic acids is 1. The van der Waals surface area contributed by atoms with Crippen molar-refractivity contribution in [3.05, 3.63) is 65.2 Å². The standard InChI is InChI=1S/C17H17N3O/c1-2-19-16-9-7-15(8-10-16)17(21)20-12-14-5-3-13(11-18)4-6-14/h3-10,19H,2,12H2,1H3,(H,20,21). The fourth-order valence-electron chi connectivity index (χ4n) is 1.93. The lowest BCUT2D eigenvalue weighted by Gasteiger charge is -2.07. The van der Waals surface area contributed by atoms with Crippen LogP contribution in [0.4, 0.5) is 5.69 Å². The molecule has 0 unspecified atom stereocenters. The summed E-state index contributed by atoms with van der Waals surface area (Å²) in [6.45, 7) is 3.32. The fraction of sp³-hybridized carbons (Fsp3) is 0.176. The van der Waals surface area contributed by atoms with E-state index in [1.165, 1.54) is 0 Å². The quantitative estimate of drug-likeness (QED) is 0.884. The Labute approximate surface area is 124 Å². The molecule has 0 fully saturated rings. The van der Waals surface area contributed by atoms with Gasteiger partial charge in [0.25, 0.3) is 5.91 Å².